The van der Waals surface area contributed by atoms with Crippen LogP contribution in [0.2, 0.25) is 0 Å². The molecule has 0 saturated heterocycles. The molecular formula is C21H27N3O3. The van der Waals surface area contributed by atoms with Crippen LogP contribution in [0.15, 0.2) is 47.5 Å². The summed E-state index contributed by atoms with van der Waals surface area (Å²) < 4.78 is 16.7. The van der Waals surface area contributed by atoms with E-state index in [1.165, 1.54) is 5.56 Å². The molecule has 144 valence electrons. The lowest BCUT2D eigenvalue weighted by atomic mass is 10.1. The number of nitrogens with one attached hydrogen (secondary N) is 1. The molecule has 6 nitrogen and oxygen atoms in total. The van der Waals surface area contributed by atoms with Crippen molar-refractivity contribution in [2.45, 2.75) is 19.1 Å². The second-order valence-electron chi connectivity index (χ2n) is 6.51. The number of benzene rings is 2. The van der Waals surface area contributed by atoms with Gasteiger partial charge in [-0.15, -0.1) is 0 Å². The van der Waals surface area contributed by atoms with Gasteiger partial charge >= 0.3 is 0 Å². The second-order valence-corrected chi connectivity index (χ2v) is 6.51. The average molecular weight is 369 g/mol. The molecule has 3 rings (SSSR count). The van der Waals surface area contributed by atoms with Crippen LogP contribution in [-0.4, -0.2) is 51.8 Å². The summed E-state index contributed by atoms with van der Waals surface area (Å²) in [6.07, 6.45) is 1.03. The number of fused-ring (bicyclic) bond motifs is 1. The number of methoxy groups -OCH3 is 2. The smallest absolute Gasteiger partial charge is 0.193 e. The van der Waals surface area contributed by atoms with E-state index < -0.39 is 0 Å². The molecule has 6 heteroatoms. The minimum absolute atomic E-state index is 0.114. The molecule has 0 saturated carbocycles. The van der Waals surface area contributed by atoms with Crippen molar-refractivity contribution in [2.75, 3.05) is 34.9 Å². The van der Waals surface area contributed by atoms with Crippen LogP contribution in [0.1, 0.15) is 11.1 Å². The molecule has 0 bridgehead atoms. The fourth-order valence-corrected chi connectivity index (χ4v) is 3.27. The molecule has 27 heavy (non-hydrogen) atoms. The summed E-state index contributed by atoms with van der Waals surface area (Å²) in [5, 5.41) is 3.41. The maximum absolute atomic E-state index is 5.99. The minimum Gasteiger partial charge on any atom is -0.497 e. The van der Waals surface area contributed by atoms with Crippen LogP contribution < -0.4 is 19.5 Å². The predicted octanol–water partition coefficient (Wildman–Crippen LogP) is 2.71. The third-order valence-electron chi connectivity index (χ3n) is 4.68. The maximum Gasteiger partial charge on any atom is 0.193 e. The van der Waals surface area contributed by atoms with Crippen molar-refractivity contribution in [1.82, 2.24) is 10.2 Å². The summed E-state index contributed by atoms with van der Waals surface area (Å²) in [6.45, 7) is 1.37. The lowest BCUT2D eigenvalue weighted by Crippen LogP contribution is -2.42. The Morgan fingerprint density at radius 1 is 1.22 bits per heavy atom. The van der Waals surface area contributed by atoms with E-state index in [0.717, 1.165) is 35.2 Å². The number of aliphatic imine (C=N–C) groups is 1. The quantitative estimate of drug-likeness (QED) is 0.627. The number of nitrogens with zero attached hydrogens (tertiary/aromatic N) is 2. The first-order valence-corrected chi connectivity index (χ1v) is 9.01. The number of ether oxygens (including phenoxy) is 3. The van der Waals surface area contributed by atoms with E-state index in [0.29, 0.717) is 13.1 Å². The van der Waals surface area contributed by atoms with Gasteiger partial charge in [0, 0.05) is 38.7 Å². The molecule has 1 atom stereocenters. The lowest BCUT2D eigenvalue weighted by Gasteiger charge is -2.24. The van der Waals surface area contributed by atoms with Crippen molar-refractivity contribution < 1.29 is 14.2 Å². The molecule has 0 fully saturated rings. The van der Waals surface area contributed by atoms with Crippen LogP contribution in [0.4, 0.5) is 0 Å². The zero-order valence-corrected chi connectivity index (χ0v) is 16.4. The third-order valence-corrected chi connectivity index (χ3v) is 4.68. The number of rotatable bonds is 6. The van der Waals surface area contributed by atoms with Crippen molar-refractivity contribution >= 4 is 5.96 Å². The first-order valence-electron chi connectivity index (χ1n) is 9.01. The van der Waals surface area contributed by atoms with Gasteiger partial charge in [0.05, 0.1) is 20.8 Å². The van der Waals surface area contributed by atoms with Crippen LogP contribution >= 0.6 is 0 Å². The fourth-order valence-electron chi connectivity index (χ4n) is 3.27. The number of hydrogen-bond donors (Lipinski definition) is 1. The van der Waals surface area contributed by atoms with Crippen LogP contribution in [0.25, 0.3) is 0 Å². The summed E-state index contributed by atoms with van der Waals surface area (Å²) in [4.78, 5) is 6.46. The summed E-state index contributed by atoms with van der Waals surface area (Å²) in [6, 6.07) is 14.0. The first-order chi connectivity index (χ1) is 13.1. The van der Waals surface area contributed by atoms with Gasteiger partial charge in [-0.2, -0.15) is 0 Å². The van der Waals surface area contributed by atoms with Crippen molar-refractivity contribution in [3.05, 3.63) is 53.6 Å². The average Bonchev–Trinajstić information content (AvgIpc) is 3.11. The summed E-state index contributed by atoms with van der Waals surface area (Å²) in [7, 11) is 7.10. The van der Waals surface area contributed by atoms with Crippen molar-refractivity contribution in [2.24, 2.45) is 4.99 Å². The Labute approximate surface area is 160 Å². The Hall–Kier alpha value is -2.89. The molecule has 0 spiro atoms. The van der Waals surface area contributed by atoms with E-state index in [1.54, 1.807) is 21.3 Å². The third kappa shape index (κ3) is 4.45. The molecule has 0 aliphatic carbocycles. The van der Waals surface area contributed by atoms with E-state index in [4.69, 9.17) is 14.2 Å². The molecular weight excluding hydrogens is 342 g/mol. The van der Waals surface area contributed by atoms with Gasteiger partial charge in [0.2, 0.25) is 0 Å². The fraction of sp³-hybridized carbons (Fsp3) is 0.381. The van der Waals surface area contributed by atoms with Gasteiger partial charge in [0.15, 0.2) is 5.96 Å². The molecule has 2 aromatic rings. The van der Waals surface area contributed by atoms with Crippen LogP contribution in [0.3, 0.4) is 0 Å². The minimum atomic E-state index is 0.114. The molecule has 2 aromatic carbocycles. The Morgan fingerprint density at radius 2 is 2.04 bits per heavy atom. The van der Waals surface area contributed by atoms with Gasteiger partial charge in [-0.3, -0.25) is 4.99 Å². The summed E-state index contributed by atoms with van der Waals surface area (Å²) >= 11 is 0. The molecule has 1 aliphatic heterocycles. The molecule has 1 unspecified atom stereocenters. The normalized spacial score (nSPS) is 15.7. The molecule has 0 aromatic heterocycles. The van der Waals surface area contributed by atoms with Gasteiger partial charge in [-0.05, 0) is 23.8 Å². The maximum atomic E-state index is 5.99. The van der Waals surface area contributed by atoms with E-state index in [1.807, 2.05) is 43.4 Å². The number of guanidine groups is 1. The zero-order chi connectivity index (χ0) is 19.2. The van der Waals surface area contributed by atoms with E-state index in [9.17, 15) is 0 Å². The highest BCUT2D eigenvalue weighted by atomic mass is 16.5. The first kappa shape index (κ1) is 18.9. The summed E-state index contributed by atoms with van der Waals surface area (Å²) in [5.41, 5.74) is 2.32. The Balaban J connectivity index is 1.58. The number of para-hydroxylation sites is 1. The van der Waals surface area contributed by atoms with Crippen LogP contribution in [-0.2, 0) is 13.0 Å². The Morgan fingerprint density at radius 3 is 2.74 bits per heavy atom. The Kier molecular flexibility index (Phi) is 6.06. The molecule has 1 heterocycles. The SMILES string of the molecule is CN=C(NCC1Cc2ccccc2O1)N(C)Cc1ccc(OC)cc1OC. The topological polar surface area (TPSA) is 55.3 Å². The monoisotopic (exact) mass is 369 g/mol. The molecule has 0 radical (unpaired) electrons. The van der Waals surface area contributed by atoms with Crippen LogP contribution in [0, 0.1) is 0 Å². The number of hydrogen-bond acceptors (Lipinski definition) is 4. The van der Waals surface area contributed by atoms with E-state index in [-0.39, 0.29) is 6.10 Å². The standard InChI is InChI=1S/C21H27N3O3/c1-22-21(23-13-18-11-15-7-5-6-8-19(15)27-18)24(2)14-16-9-10-17(25-3)12-20(16)26-4/h5-10,12,18H,11,13-14H2,1-4H3,(H,22,23). The Bertz CT molecular complexity index is 782. The lowest BCUT2D eigenvalue weighted by molar-refractivity contribution is 0.233. The highest BCUT2D eigenvalue weighted by Crippen LogP contribution is 2.28. The largest absolute Gasteiger partial charge is 0.497 e. The highest BCUT2D eigenvalue weighted by molar-refractivity contribution is 5.79. The van der Waals surface area contributed by atoms with Gasteiger partial charge < -0.3 is 24.4 Å². The van der Waals surface area contributed by atoms with Crippen molar-refractivity contribution in [3.8, 4) is 17.2 Å². The molecule has 1 aliphatic rings. The van der Waals surface area contributed by atoms with Crippen molar-refractivity contribution in [1.29, 1.82) is 0 Å². The van der Waals surface area contributed by atoms with Gasteiger partial charge in [-0.1, -0.05) is 18.2 Å². The van der Waals surface area contributed by atoms with Gasteiger partial charge in [-0.25, -0.2) is 0 Å². The highest BCUT2D eigenvalue weighted by Gasteiger charge is 2.22. The van der Waals surface area contributed by atoms with E-state index >= 15 is 0 Å². The second kappa shape index (κ2) is 8.66. The summed E-state index contributed by atoms with van der Waals surface area (Å²) in [5.74, 6) is 3.37. The van der Waals surface area contributed by atoms with Gasteiger partial charge in [0.1, 0.15) is 23.4 Å². The van der Waals surface area contributed by atoms with Gasteiger partial charge in [0.25, 0.3) is 0 Å². The van der Waals surface area contributed by atoms with Crippen LogP contribution in [0.5, 0.6) is 17.2 Å². The van der Waals surface area contributed by atoms with Crippen molar-refractivity contribution in [3.63, 3.8) is 0 Å². The molecule has 0 amide bonds. The van der Waals surface area contributed by atoms with E-state index in [2.05, 4.69) is 21.3 Å². The predicted molar refractivity (Wildman–Crippen MR) is 107 cm³/mol. The zero-order valence-electron chi connectivity index (χ0n) is 16.4. The molecule has 1 N–H and O–H groups in total.